The quantitative estimate of drug-likeness (QED) is 0.578. The molecule has 0 aliphatic rings. The van der Waals surface area contributed by atoms with Gasteiger partial charge in [-0.3, -0.25) is 0 Å². The van der Waals surface area contributed by atoms with Gasteiger partial charge in [-0.15, -0.1) is 12.2 Å². The van der Waals surface area contributed by atoms with Gasteiger partial charge in [-0.25, -0.2) is 0 Å². The topological polar surface area (TPSA) is 9.23 Å². The van der Waals surface area contributed by atoms with Crippen molar-refractivity contribution in [2.75, 3.05) is 0 Å². The zero-order valence-corrected chi connectivity index (χ0v) is 12.5. The van der Waals surface area contributed by atoms with Crippen molar-refractivity contribution in [1.82, 2.24) is 0 Å². The smallest absolute Gasteiger partial charge is 0.172 e. The lowest BCUT2D eigenvalue weighted by atomic mass is 10.2. The summed E-state index contributed by atoms with van der Waals surface area (Å²) in [6.07, 6.45) is 0. The van der Waals surface area contributed by atoms with E-state index in [4.69, 9.17) is 16.3 Å². The third kappa shape index (κ3) is 9.61. The summed E-state index contributed by atoms with van der Waals surface area (Å²) in [5, 5.41) is 0. The Kier molecular flexibility index (Phi) is 4.89. The van der Waals surface area contributed by atoms with Gasteiger partial charge in [0.1, 0.15) is 0 Å². The van der Waals surface area contributed by atoms with Gasteiger partial charge < -0.3 is 4.52 Å². The number of rotatable bonds is 2. The molecular weight excluding hydrogens is 239 g/mol. The van der Waals surface area contributed by atoms with Crippen LogP contribution < -0.4 is 0 Å². The first kappa shape index (κ1) is 14.3. The van der Waals surface area contributed by atoms with E-state index in [1.807, 2.05) is 20.8 Å². The molecule has 1 unspecified atom stereocenters. The van der Waals surface area contributed by atoms with E-state index in [1.165, 1.54) is 0 Å². The van der Waals surface area contributed by atoms with Gasteiger partial charge in [0, 0.05) is 4.75 Å². The SMILES string of the molecule is CC(C)(C)OP(=S)(S)SC(C)(C)C. The monoisotopic (exact) mass is 258 g/mol. The fourth-order valence-electron chi connectivity index (χ4n) is 0.711. The van der Waals surface area contributed by atoms with E-state index in [-0.39, 0.29) is 10.3 Å². The van der Waals surface area contributed by atoms with Crippen LogP contribution in [0.25, 0.3) is 0 Å². The molecule has 0 bridgehead atoms. The Morgan fingerprint density at radius 1 is 1.15 bits per heavy atom. The van der Waals surface area contributed by atoms with Crippen molar-refractivity contribution in [2.45, 2.75) is 51.9 Å². The van der Waals surface area contributed by atoms with Crippen LogP contribution in [0.1, 0.15) is 41.5 Å². The maximum absolute atomic E-state index is 5.75. The van der Waals surface area contributed by atoms with Crippen LogP contribution in [0.5, 0.6) is 0 Å². The Balaban J connectivity index is 4.35. The first-order valence-electron chi connectivity index (χ1n) is 4.16. The second kappa shape index (κ2) is 4.44. The van der Waals surface area contributed by atoms with Gasteiger partial charge in [-0.05, 0) is 32.6 Å². The third-order valence-corrected chi connectivity index (χ3v) is 6.77. The first-order valence-corrected chi connectivity index (χ1v) is 9.45. The summed E-state index contributed by atoms with van der Waals surface area (Å²) in [5.74, 6) is 0. The van der Waals surface area contributed by atoms with Gasteiger partial charge in [0.05, 0.1) is 5.60 Å². The van der Waals surface area contributed by atoms with Crippen molar-refractivity contribution in [3.63, 3.8) is 0 Å². The first-order chi connectivity index (χ1) is 5.41. The third-order valence-electron chi connectivity index (χ3n) is 0.778. The second-order valence-corrected chi connectivity index (χ2v) is 15.0. The van der Waals surface area contributed by atoms with Crippen LogP contribution in [0.15, 0.2) is 0 Å². The summed E-state index contributed by atoms with van der Waals surface area (Å²) in [4.78, 5) is 0. The zero-order chi connectivity index (χ0) is 10.9. The molecular formula is C8H19OPS3. The highest BCUT2D eigenvalue weighted by molar-refractivity contribution is 8.95. The summed E-state index contributed by atoms with van der Waals surface area (Å²) < 4.78 is 3.88. The van der Waals surface area contributed by atoms with Gasteiger partial charge in [0.2, 0.25) is 0 Å². The van der Waals surface area contributed by atoms with Crippen LogP contribution in [0.2, 0.25) is 0 Å². The summed E-state index contributed by atoms with van der Waals surface area (Å²) in [7, 11) is 0. The predicted molar refractivity (Wildman–Crippen MR) is 71.5 cm³/mol. The van der Waals surface area contributed by atoms with Gasteiger partial charge in [-0.1, -0.05) is 32.2 Å². The molecule has 0 aromatic carbocycles. The molecule has 0 saturated carbocycles. The summed E-state index contributed by atoms with van der Waals surface area (Å²) in [6, 6.07) is 0. The molecule has 0 N–H and O–H groups in total. The van der Waals surface area contributed by atoms with E-state index in [0.29, 0.717) is 0 Å². The largest absolute Gasteiger partial charge is 0.328 e. The van der Waals surface area contributed by atoms with Gasteiger partial charge in [0.25, 0.3) is 0 Å². The van der Waals surface area contributed by atoms with Crippen molar-refractivity contribution < 1.29 is 4.52 Å². The van der Waals surface area contributed by atoms with Crippen molar-refractivity contribution in [3.8, 4) is 0 Å². The highest BCUT2D eigenvalue weighted by Gasteiger charge is 2.27. The summed E-state index contributed by atoms with van der Waals surface area (Å²) in [6.45, 7) is 12.4. The number of hydrogen-bond acceptors (Lipinski definition) is 3. The van der Waals surface area contributed by atoms with Crippen molar-refractivity contribution in [1.29, 1.82) is 0 Å². The molecule has 0 amide bonds. The molecule has 5 heteroatoms. The molecule has 0 aromatic heterocycles. The van der Waals surface area contributed by atoms with Gasteiger partial charge >= 0.3 is 0 Å². The molecule has 0 fully saturated rings. The molecule has 0 saturated heterocycles. The molecule has 1 nitrogen and oxygen atoms in total. The standard InChI is InChI=1S/C8H19OPS3/c1-7(2,3)9-10(11,12)13-8(4,5)6/h1-6H3,(H,11,12). The number of thiol groups is 1. The lowest BCUT2D eigenvalue weighted by Crippen LogP contribution is -2.17. The van der Waals surface area contributed by atoms with E-state index in [9.17, 15) is 0 Å². The van der Waals surface area contributed by atoms with Crippen LogP contribution in [0, 0.1) is 0 Å². The minimum Gasteiger partial charge on any atom is -0.328 e. The zero-order valence-electron chi connectivity index (χ0n) is 9.12. The lowest BCUT2D eigenvalue weighted by molar-refractivity contribution is 0.158. The maximum Gasteiger partial charge on any atom is 0.172 e. The Bertz CT molecular complexity index is 194. The van der Waals surface area contributed by atoms with E-state index >= 15 is 0 Å². The molecule has 0 aliphatic carbocycles. The lowest BCUT2D eigenvalue weighted by Gasteiger charge is -2.30. The Morgan fingerprint density at radius 2 is 1.54 bits per heavy atom. The Morgan fingerprint density at radius 3 is 1.77 bits per heavy atom. The predicted octanol–water partition coefficient (Wildman–Crippen LogP) is 4.49. The molecule has 0 aromatic rings. The molecule has 0 heterocycles. The molecule has 13 heavy (non-hydrogen) atoms. The normalized spacial score (nSPS) is 18.4. The van der Waals surface area contributed by atoms with E-state index in [0.717, 1.165) is 0 Å². The van der Waals surface area contributed by atoms with E-state index < -0.39 is 4.67 Å². The highest BCUT2D eigenvalue weighted by Crippen LogP contribution is 2.69. The highest BCUT2D eigenvalue weighted by atomic mass is 33.2. The summed E-state index contributed by atoms with van der Waals surface area (Å²) in [5.41, 5.74) is -0.199. The van der Waals surface area contributed by atoms with Crippen molar-refractivity contribution in [2.24, 2.45) is 0 Å². The fraction of sp³-hybridized carbons (Fsp3) is 1.00. The Hall–Kier alpha value is 1.31. The second-order valence-electron chi connectivity index (χ2n) is 4.88. The maximum atomic E-state index is 5.75. The average molecular weight is 258 g/mol. The summed E-state index contributed by atoms with van der Waals surface area (Å²) >= 11 is 11.4. The van der Waals surface area contributed by atoms with E-state index in [1.54, 1.807) is 11.4 Å². The van der Waals surface area contributed by atoms with Crippen LogP contribution in [-0.2, 0) is 16.3 Å². The van der Waals surface area contributed by atoms with E-state index in [2.05, 4.69) is 33.0 Å². The van der Waals surface area contributed by atoms with Gasteiger partial charge in [0.15, 0.2) is 4.67 Å². The van der Waals surface area contributed by atoms with Crippen LogP contribution in [0.4, 0.5) is 0 Å². The molecule has 0 radical (unpaired) electrons. The van der Waals surface area contributed by atoms with Gasteiger partial charge in [-0.2, -0.15) is 0 Å². The van der Waals surface area contributed by atoms with Crippen LogP contribution >= 0.6 is 28.3 Å². The van der Waals surface area contributed by atoms with Crippen molar-refractivity contribution in [3.05, 3.63) is 0 Å². The molecule has 80 valence electrons. The Labute approximate surface area is 96.4 Å². The minimum atomic E-state index is -1.99. The van der Waals surface area contributed by atoms with Crippen LogP contribution in [0.3, 0.4) is 0 Å². The van der Waals surface area contributed by atoms with Crippen molar-refractivity contribution >= 4 is 40.1 Å². The minimum absolute atomic E-state index is 0.114. The average Bonchev–Trinajstić information content (AvgIpc) is 1.43. The fourth-order valence-corrected chi connectivity index (χ4v) is 10.6. The molecule has 0 spiro atoms. The molecule has 0 aliphatic heterocycles. The van der Waals surface area contributed by atoms with Crippen LogP contribution in [-0.4, -0.2) is 10.3 Å². The molecule has 0 rings (SSSR count). The number of hydrogen-bond donors (Lipinski definition) is 1. The molecule has 1 atom stereocenters.